The smallest absolute Gasteiger partial charge is 0.163 e. The van der Waals surface area contributed by atoms with Gasteiger partial charge in [-0.3, -0.25) is 14.4 Å². The number of ether oxygens (including phenoxy) is 1. The molecule has 1 aliphatic heterocycles. The van der Waals surface area contributed by atoms with Crippen molar-refractivity contribution in [3.05, 3.63) is 17.5 Å². The number of ketones is 1. The Labute approximate surface area is 101 Å². The van der Waals surface area contributed by atoms with Gasteiger partial charge in [-0.25, -0.2) is 0 Å². The summed E-state index contributed by atoms with van der Waals surface area (Å²) in [7, 11) is 0. The summed E-state index contributed by atoms with van der Waals surface area (Å²) in [5.41, 5.74) is 1.65. The molecule has 0 bridgehead atoms. The molecule has 1 fully saturated rings. The van der Waals surface area contributed by atoms with Crippen molar-refractivity contribution in [1.29, 1.82) is 0 Å². The van der Waals surface area contributed by atoms with E-state index in [9.17, 15) is 4.79 Å². The van der Waals surface area contributed by atoms with Crippen LogP contribution in [0.3, 0.4) is 0 Å². The predicted molar refractivity (Wildman–Crippen MR) is 64.0 cm³/mol. The Kier molecular flexibility index (Phi) is 3.59. The molecule has 1 aromatic heterocycles. The summed E-state index contributed by atoms with van der Waals surface area (Å²) in [6.45, 7) is 8.83. The number of Topliss-reactive ketones (excluding diaryl/α,β-unsaturated/α-hetero) is 1. The summed E-state index contributed by atoms with van der Waals surface area (Å²) in [5.74, 6) is 0.0729. The fourth-order valence-electron chi connectivity index (χ4n) is 2.08. The number of rotatable bonds is 3. The van der Waals surface area contributed by atoms with Gasteiger partial charge in [-0.05, 0) is 20.8 Å². The highest BCUT2D eigenvalue weighted by Gasteiger charge is 2.20. The average Bonchev–Trinajstić information content (AvgIpc) is 2.64. The number of aromatic nitrogens is 2. The molecule has 0 aromatic carbocycles. The molecule has 5 nitrogen and oxygen atoms in total. The predicted octanol–water partition coefficient (Wildman–Crippen LogP) is 1.07. The molecule has 1 saturated heterocycles. The number of carbonyl (C=O) groups excluding carboxylic acids is 1. The first-order chi connectivity index (χ1) is 8.09. The fraction of sp³-hybridized carbons (Fsp3) is 0.667. The van der Waals surface area contributed by atoms with Gasteiger partial charge in [0.25, 0.3) is 0 Å². The van der Waals surface area contributed by atoms with Gasteiger partial charge in [0.05, 0.1) is 31.6 Å². The van der Waals surface area contributed by atoms with Crippen molar-refractivity contribution in [2.75, 3.05) is 19.8 Å². The van der Waals surface area contributed by atoms with Crippen LogP contribution in [0, 0.1) is 6.92 Å². The second-order valence-electron chi connectivity index (χ2n) is 4.58. The summed E-state index contributed by atoms with van der Waals surface area (Å²) in [4.78, 5) is 13.7. The standard InChI is InChI=1S/C12H19N3O2/c1-9-7-17-5-4-14(9)8-15-10(2)12(6-13-15)11(3)16/h6,9H,4-5,7-8H2,1-3H3/t9-/m1/s1. The molecule has 1 aromatic rings. The Hall–Kier alpha value is -1.20. The minimum atomic E-state index is 0.0729. The van der Waals surface area contributed by atoms with Crippen LogP contribution in [-0.4, -0.2) is 46.3 Å². The lowest BCUT2D eigenvalue weighted by Gasteiger charge is -2.33. The van der Waals surface area contributed by atoms with Crippen LogP contribution in [0.25, 0.3) is 0 Å². The van der Waals surface area contributed by atoms with E-state index in [2.05, 4.69) is 16.9 Å². The molecule has 1 aliphatic rings. The molecule has 17 heavy (non-hydrogen) atoms. The highest BCUT2D eigenvalue weighted by atomic mass is 16.5. The molecule has 94 valence electrons. The van der Waals surface area contributed by atoms with E-state index in [1.54, 1.807) is 13.1 Å². The number of hydrogen-bond donors (Lipinski definition) is 0. The van der Waals surface area contributed by atoms with E-state index < -0.39 is 0 Å². The third-order valence-corrected chi connectivity index (χ3v) is 3.30. The Morgan fingerprint density at radius 2 is 2.41 bits per heavy atom. The first kappa shape index (κ1) is 12.3. The van der Waals surface area contributed by atoms with Crippen LogP contribution in [0.5, 0.6) is 0 Å². The van der Waals surface area contributed by atoms with Gasteiger partial charge in [-0.1, -0.05) is 0 Å². The Morgan fingerprint density at radius 3 is 3.00 bits per heavy atom. The molecule has 0 aliphatic carbocycles. The van der Waals surface area contributed by atoms with E-state index in [1.165, 1.54) is 0 Å². The first-order valence-corrected chi connectivity index (χ1v) is 5.94. The van der Waals surface area contributed by atoms with E-state index in [-0.39, 0.29) is 5.78 Å². The fourth-order valence-corrected chi connectivity index (χ4v) is 2.08. The van der Waals surface area contributed by atoms with Gasteiger partial charge in [0.2, 0.25) is 0 Å². The van der Waals surface area contributed by atoms with Crippen LogP contribution in [0.15, 0.2) is 6.20 Å². The number of carbonyl (C=O) groups is 1. The van der Waals surface area contributed by atoms with E-state index in [4.69, 9.17) is 4.74 Å². The number of morpholine rings is 1. The van der Waals surface area contributed by atoms with Crippen LogP contribution in [-0.2, 0) is 11.4 Å². The third kappa shape index (κ3) is 2.56. The molecule has 0 spiro atoms. The molecule has 1 atom stereocenters. The maximum atomic E-state index is 11.3. The molecule has 0 radical (unpaired) electrons. The van der Waals surface area contributed by atoms with E-state index >= 15 is 0 Å². The van der Waals surface area contributed by atoms with Crippen LogP contribution in [0.1, 0.15) is 29.9 Å². The molecule has 0 saturated carbocycles. The Bertz CT molecular complexity index is 414. The summed E-state index contributed by atoms with van der Waals surface area (Å²) >= 11 is 0. The molecular formula is C12H19N3O2. The van der Waals surface area contributed by atoms with Gasteiger partial charge in [0.15, 0.2) is 5.78 Å². The van der Waals surface area contributed by atoms with Crippen molar-refractivity contribution in [2.24, 2.45) is 0 Å². The maximum Gasteiger partial charge on any atom is 0.163 e. The van der Waals surface area contributed by atoms with Crippen molar-refractivity contribution in [2.45, 2.75) is 33.5 Å². The third-order valence-electron chi connectivity index (χ3n) is 3.30. The molecular weight excluding hydrogens is 218 g/mol. The molecule has 5 heteroatoms. The highest BCUT2D eigenvalue weighted by Crippen LogP contribution is 2.12. The van der Waals surface area contributed by atoms with Gasteiger partial charge in [-0.15, -0.1) is 0 Å². The largest absolute Gasteiger partial charge is 0.379 e. The molecule has 0 N–H and O–H groups in total. The van der Waals surface area contributed by atoms with Crippen LogP contribution < -0.4 is 0 Å². The zero-order valence-corrected chi connectivity index (χ0v) is 10.6. The second kappa shape index (κ2) is 4.98. The zero-order valence-electron chi connectivity index (χ0n) is 10.6. The lowest BCUT2D eigenvalue weighted by atomic mass is 10.2. The van der Waals surface area contributed by atoms with Gasteiger partial charge in [0, 0.05) is 18.3 Å². The van der Waals surface area contributed by atoms with Crippen LogP contribution in [0.4, 0.5) is 0 Å². The van der Waals surface area contributed by atoms with Crippen molar-refractivity contribution < 1.29 is 9.53 Å². The summed E-state index contributed by atoms with van der Waals surface area (Å²) < 4.78 is 7.29. The zero-order chi connectivity index (χ0) is 12.4. The lowest BCUT2D eigenvalue weighted by Crippen LogP contribution is -2.44. The van der Waals surface area contributed by atoms with Crippen molar-refractivity contribution in [1.82, 2.24) is 14.7 Å². The number of hydrogen-bond acceptors (Lipinski definition) is 4. The maximum absolute atomic E-state index is 11.3. The topological polar surface area (TPSA) is 47.4 Å². The van der Waals surface area contributed by atoms with Gasteiger partial charge >= 0.3 is 0 Å². The summed E-state index contributed by atoms with van der Waals surface area (Å²) in [5, 5.41) is 4.28. The molecule has 0 amide bonds. The average molecular weight is 237 g/mol. The quantitative estimate of drug-likeness (QED) is 0.738. The van der Waals surface area contributed by atoms with Crippen LogP contribution >= 0.6 is 0 Å². The van der Waals surface area contributed by atoms with Crippen molar-refractivity contribution >= 4 is 5.78 Å². The van der Waals surface area contributed by atoms with Gasteiger partial charge in [-0.2, -0.15) is 5.10 Å². The summed E-state index contributed by atoms with van der Waals surface area (Å²) in [6, 6.07) is 0.396. The SMILES string of the molecule is CC(=O)c1cnn(CN2CCOC[C@H]2C)c1C. The van der Waals surface area contributed by atoms with E-state index in [1.807, 2.05) is 11.6 Å². The lowest BCUT2D eigenvalue weighted by molar-refractivity contribution is -0.0175. The Morgan fingerprint density at radius 1 is 1.65 bits per heavy atom. The van der Waals surface area contributed by atoms with E-state index in [0.717, 1.165) is 32.1 Å². The minimum absolute atomic E-state index is 0.0729. The van der Waals surface area contributed by atoms with Crippen molar-refractivity contribution in [3.63, 3.8) is 0 Å². The second-order valence-corrected chi connectivity index (χ2v) is 4.58. The van der Waals surface area contributed by atoms with Crippen molar-refractivity contribution in [3.8, 4) is 0 Å². The van der Waals surface area contributed by atoms with Gasteiger partial charge in [0.1, 0.15) is 0 Å². The normalized spacial score (nSPS) is 21.7. The molecule has 2 rings (SSSR count). The number of nitrogens with zero attached hydrogens (tertiary/aromatic N) is 3. The first-order valence-electron chi connectivity index (χ1n) is 5.94. The minimum Gasteiger partial charge on any atom is -0.379 e. The summed E-state index contributed by atoms with van der Waals surface area (Å²) in [6.07, 6.45) is 1.66. The van der Waals surface area contributed by atoms with E-state index in [0.29, 0.717) is 11.6 Å². The molecule has 0 unspecified atom stereocenters. The van der Waals surface area contributed by atoms with Gasteiger partial charge < -0.3 is 4.74 Å². The highest BCUT2D eigenvalue weighted by molar-refractivity contribution is 5.94. The van der Waals surface area contributed by atoms with Crippen LogP contribution in [0.2, 0.25) is 0 Å². The molecule has 2 heterocycles. The monoisotopic (exact) mass is 237 g/mol. The Balaban J connectivity index is 2.10.